The summed E-state index contributed by atoms with van der Waals surface area (Å²) in [5, 5.41) is 1.15. The molecule has 3 nitrogen and oxygen atoms in total. The first kappa shape index (κ1) is 17.1. The number of carbonyl (C=O) groups is 1. The molecule has 1 aromatic heterocycles. The van der Waals surface area contributed by atoms with E-state index in [2.05, 4.69) is 23.6 Å². The van der Waals surface area contributed by atoms with Gasteiger partial charge >= 0.3 is 0 Å². The van der Waals surface area contributed by atoms with Crippen molar-refractivity contribution in [3.63, 3.8) is 0 Å². The molecule has 130 valence electrons. The van der Waals surface area contributed by atoms with E-state index < -0.39 is 0 Å². The molecule has 0 bridgehead atoms. The van der Waals surface area contributed by atoms with Crippen LogP contribution in [0.1, 0.15) is 16.8 Å². The van der Waals surface area contributed by atoms with Crippen LogP contribution in [0, 0.1) is 13.8 Å². The Morgan fingerprint density at radius 3 is 2.50 bits per heavy atom. The van der Waals surface area contributed by atoms with Crippen LogP contribution in [-0.4, -0.2) is 14.8 Å². The van der Waals surface area contributed by atoms with Crippen molar-refractivity contribution in [1.29, 1.82) is 0 Å². The van der Waals surface area contributed by atoms with Crippen LogP contribution < -0.4 is 4.90 Å². The predicted molar refractivity (Wildman–Crippen MR) is 114 cm³/mol. The SMILES string of the molecule is Cc1ccccc1N1C(=O)/C(=C/c2c(C)n(C)c3ccccc23)SC1=S. The van der Waals surface area contributed by atoms with Crippen LogP contribution in [0.4, 0.5) is 5.69 Å². The number of fused-ring (bicyclic) bond motifs is 1. The first-order chi connectivity index (χ1) is 12.5. The number of thioether (sulfide) groups is 1. The average Bonchev–Trinajstić information content (AvgIpc) is 3.05. The van der Waals surface area contributed by atoms with Gasteiger partial charge in [0.2, 0.25) is 0 Å². The molecule has 1 saturated heterocycles. The number of anilines is 1. The van der Waals surface area contributed by atoms with Crippen molar-refractivity contribution in [2.75, 3.05) is 4.90 Å². The number of benzene rings is 2. The zero-order chi connectivity index (χ0) is 18.4. The lowest BCUT2D eigenvalue weighted by molar-refractivity contribution is -0.113. The first-order valence-electron chi connectivity index (χ1n) is 8.36. The smallest absolute Gasteiger partial charge is 0.270 e. The summed E-state index contributed by atoms with van der Waals surface area (Å²) in [5.41, 5.74) is 5.26. The van der Waals surface area contributed by atoms with E-state index in [9.17, 15) is 4.79 Å². The molecule has 0 saturated carbocycles. The molecule has 0 spiro atoms. The van der Waals surface area contributed by atoms with Gasteiger partial charge in [-0.1, -0.05) is 60.4 Å². The summed E-state index contributed by atoms with van der Waals surface area (Å²) in [6.07, 6.45) is 1.98. The lowest BCUT2D eigenvalue weighted by atomic mass is 10.1. The Bertz CT molecular complexity index is 1090. The van der Waals surface area contributed by atoms with Gasteiger partial charge in [-0.25, -0.2) is 0 Å². The topological polar surface area (TPSA) is 25.2 Å². The Labute approximate surface area is 162 Å². The maximum Gasteiger partial charge on any atom is 0.270 e. The van der Waals surface area contributed by atoms with Crippen LogP contribution in [0.25, 0.3) is 17.0 Å². The van der Waals surface area contributed by atoms with E-state index in [1.807, 2.05) is 56.4 Å². The third-order valence-corrected chi connectivity index (χ3v) is 6.18. The zero-order valence-corrected chi connectivity index (χ0v) is 16.4. The molecule has 1 aliphatic rings. The number of amides is 1. The van der Waals surface area contributed by atoms with E-state index in [0.717, 1.165) is 33.4 Å². The fraction of sp³-hybridized carbons (Fsp3) is 0.143. The Kier molecular flexibility index (Phi) is 4.21. The van der Waals surface area contributed by atoms with Gasteiger partial charge in [0.15, 0.2) is 4.32 Å². The minimum Gasteiger partial charge on any atom is -0.347 e. The third kappa shape index (κ3) is 2.59. The molecule has 2 aromatic carbocycles. The van der Waals surface area contributed by atoms with Gasteiger partial charge in [-0.05, 0) is 37.6 Å². The molecule has 4 rings (SSSR count). The molecule has 1 amide bonds. The number of nitrogens with zero attached hydrogens (tertiary/aromatic N) is 2. The van der Waals surface area contributed by atoms with E-state index in [0.29, 0.717) is 9.23 Å². The highest BCUT2D eigenvalue weighted by Crippen LogP contribution is 2.38. The van der Waals surface area contributed by atoms with Crippen molar-refractivity contribution in [2.45, 2.75) is 13.8 Å². The van der Waals surface area contributed by atoms with Gasteiger partial charge in [0.05, 0.1) is 10.6 Å². The van der Waals surface area contributed by atoms with Crippen molar-refractivity contribution in [3.05, 3.63) is 70.3 Å². The molecular formula is C21H18N2OS2. The fourth-order valence-corrected chi connectivity index (χ4v) is 4.62. The number of hydrogen-bond acceptors (Lipinski definition) is 3. The van der Waals surface area contributed by atoms with E-state index in [1.165, 1.54) is 11.8 Å². The van der Waals surface area contributed by atoms with Gasteiger partial charge in [-0.3, -0.25) is 9.69 Å². The fourth-order valence-electron chi connectivity index (χ4n) is 3.35. The van der Waals surface area contributed by atoms with Crippen LogP contribution in [0.5, 0.6) is 0 Å². The highest BCUT2D eigenvalue weighted by molar-refractivity contribution is 8.27. The number of thiocarbonyl (C=S) groups is 1. The van der Waals surface area contributed by atoms with Crippen LogP contribution in [0.15, 0.2) is 53.4 Å². The Balaban J connectivity index is 1.81. The van der Waals surface area contributed by atoms with Crippen LogP contribution in [0.2, 0.25) is 0 Å². The predicted octanol–water partition coefficient (Wildman–Crippen LogP) is 5.20. The molecule has 0 unspecified atom stereocenters. The molecule has 2 heterocycles. The van der Waals surface area contributed by atoms with Crippen LogP contribution in [-0.2, 0) is 11.8 Å². The summed E-state index contributed by atoms with van der Waals surface area (Å²) >= 11 is 6.87. The van der Waals surface area contributed by atoms with Gasteiger partial charge in [-0.15, -0.1) is 0 Å². The maximum atomic E-state index is 13.1. The van der Waals surface area contributed by atoms with Gasteiger partial charge < -0.3 is 4.57 Å². The minimum atomic E-state index is -0.0540. The number of aromatic nitrogens is 1. The van der Waals surface area contributed by atoms with E-state index in [4.69, 9.17) is 12.2 Å². The lowest BCUT2D eigenvalue weighted by Crippen LogP contribution is -2.28. The monoisotopic (exact) mass is 378 g/mol. The normalized spacial score (nSPS) is 16.3. The van der Waals surface area contributed by atoms with Crippen molar-refractivity contribution in [2.24, 2.45) is 7.05 Å². The Morgan fingerprint density at radius 2 is 1.73 bits per heavy atom. The number of hydrogen-bond donors (Lipinski definition) is 0. The largest absolute Gasteiger partial charge is 0.347 e. The maximum absolute atomic E-state index is 13.1. The molecular weight excluding hydrogens is 360 g/mol. The van der Waals surface area contributed by atoms with Crippen molar-refractivity contribution in [3.8, 4) is 0 Å². The number of para-hydroxylation sites is 2. The van der Waals surface area contributed by atoms with E-state index >= 15 is 0 Å². The molecule has 0 radical (unpaired) electrons. The highest BCUT2D eigenvalue weighted by atomic mass is 32.2. The second-order valence-electron chi connectivity index (χ2n) is 6.38. The summed E-state index contributed by atoms with van der Waals surface area (Å²) in [6, 6.07) is 16.1. The van der Waals surface area contributed by atoms with Crippen LogP contribution in [0.3, 0.4) is 0 Å². The van der Waals surface area contributed by atoms with E-state index in [1.54, 1.807) is 4.90 Å². The average molecular weight is 379 g/mol. The van der Waals surface area contributed by atoms with Crippen molar-refractivity contribution < 1.29 is 4.79 Å². The molecule has 1 aliphatic heterocycles. The number of aryl methyl sites for hydroxylation is 2. The zero-order valence-electron chi connectivity index (χ0n) is 14.8. The second kappa shape index (κ2) is 6.41. The molecule has 0 N–H and O–H groups in total. The summed E-state index contributed by atoms with van der Waals surface area (Å²) in [6.45, 7) is 4.07. The van der Waals surface area contributed by atoms with Crippen LogP contribution >= 0.6 is 24.0 Å². The summed E-state index contributed by atoms with van der Waals surface area (Å²) in [4.78, 5) is 15.4. The van der Waals surface area contributed by atoms with Gasteiger partial charge in [0.25, 0.3) is 5.91 Å². The molecule has 5 heteroatoms. The quantitative estimate of drug-likeness (QED) is 0.453. The lowest BCUT2D eigenvalue weighted by Gasteiger charge is -2.16. The highest BCUT2D eigenvalue weighted by Gasteiger charge is 2.34. The Morgan fingerprint density at radius 1 is 1.04 bits per heavy atom. The number of carbonyl (C=O) groups excluding carboxylic acids is 1. The summed E-state index contributed by atoms with van der Waals surface area (Å²) < 4.78 is 2.73. The van der Waals surface area contributed by atoms with E-state index in [-0.39, 0.29) is 5.91 Å². The minimum absolute atomic E-state index is 0.0540. The molecule has 0 atom stereocenters. The van der Waals surface area contributed by atoms with Gasteiger partial charge in [0, 0.05) is 29.2 Å². The molecule has 0 aliphatic carbocycles. The molecule has 3 aromatic rings. The third-order valence-electron chi connectivity index (χ3n) is 4.87. The summed E-state index contributed by atoms with van der Waals surface area (Å²) in [7, 11) is 2.05. The number of rotatable bonds is 2. The summed E-state index contributed by atoms with van der Waals surface area (Å²) in [5.74, 6) is -0.0540. The first-order valence-corrected chi connectivity index (χ1v) is 9.59. The standard InChI is InChI=1S/C21H18N2OS2/c1-13-8-4-6-10-17(13)23-20(24)19(26-21(23)25)12-16-14(2)22(3)18-11-7-5-9-15(16)18/h4-12H,1-3H3/b19-12-. The van der Waals surface area contributed by atoms with Crippen molar-refractivity contribution >= 4 is 56.9 Å². The van der Waals surface area contributed by atoms with Gasteiger partial charge in [-0.2, -0.15) is 0 Å². The molecule has 1 fully saturated rings. The van der Waals surface area contributed by atoms with Gasteiger partial charge in [0.1, 0.15) is 0 Å². The second-order valence-corrected chi connectivity index (χ2v) is 8.05. The van der Waals surface area contributed by atoms with Crippen molar-refractivity contribution in [1.82, 2.24) is 4.57 Å². The molecule has 26 heavy (non-hydrogen) atoms. The Hall–Kier alpha value is -2.37.